The highest BCUT2D eigenvalue weighted by Crippen LogP contribution is 2.39. The zero-order chi connectivity index (χ0) is 23.3. The Kier molecular flexibility index (Phi) is 10.2. The molecule has 1 heterocycles. The molecule has 2 aromatic rings. The Labute approximate surface area is 212 Å². The first kappa shape index (κ1) is 27.6. The van der Waals surface area contributed by atoms with Gasteiger partial charge in [0, 0.05) is 11.5 Å². The van der Waals surface area contributed by atoms with Crippen LogP contribution in [0.25, 0.3) is 0 Å². The van der Waals surface area contributed by atoms with E-state index in [1.165, 1.54) is 12.1 Å². The fraction of sp³-hybridized carbons (Fsp3) is 0.462. The standard InChI is InChI=1S/C26H29Cl2FN2O.ClH/c1-18(2)26(17-30,21-6-9-23(27)24(28)16-21)12-3-13-31-14-10-20(11-15-31)25(32)19-4-7-22(29)8-5-19;/h4-9,16,18,20H,3,10-15H2,1-2H3;1H. The predicted molar refractivity (Wildman–Crippen MR) is 135 cm³/mol. The van der Waals surface area contributed by atoms with Gasteiger partial charge in [-0.25, -0.2) is 4.39 Å². The van der Waals surface area contributed by atoms with Crippen LogP contribution in [-0.2, 0) is 5.41 Å². The monoisotopic (exact) mass is 510 g/mol. The van der Waals surface area contributed by atoms with E-state index >= 15 is 0 Å². The molecule has 1 aliphatic rings. The second kappa shape index (κ2) is 12.2. The minimum Gasteiger partial charge on any atom is -0.303 e. The summed E-state index contributed by atoms with van der Waals surface area (Å²) in [5.41, 5.74) is 0.876. The fourth-order valence-corrected chi connectivity index (χ4v) is 4.94. The normalized spacial score (nSPS) is 16.6. The number of rotatable bonds is 8. The number of ketones is 1. The van der Waals surface area contributed by atoms with E-state index in [0.29, 0.717) is 15.6 Å². The highest BCUT2D eigenvalue weighted by atomic mass is 35.5. The van der Waals surface area contributed by atoms with Crippen LogP contribution in [0.5, 0.6) is 0 Å². The van der Waals surface area contributed by atoms with Crippen LogP contribution in [0, 0.1) is 29.0 Å². The number of Topliss-reactive ketones (excluding diaryl/α,β-unsaturated/α-hetero) is 1. The van der Waals surface area contributed by atoms with Gasteiger partial charge in [0.1, 0.15) is 5.82 Å². The second-order valence-electron chi connectivity index (χ2n) is 8.96. The van der Waals surface area contributed by atoms with Crippen molar-refractivity contribution < 1.29 is 9.18 Å². The Morgan fingerprint density at radius 2 is 1.79 bits per heavy atom. The zero-order valence-corrected chi connectivity index (χ0v) is 21.3. The van der Waals surface area contributed by atoms with E-state index in [1.807, 2.05) is 12.1 Å². The van der Waals surface area contributed by atoms with Crippen LogP contribution in [0.2, 0.25) is 10.0 Å². The molecular weight excluding hydrogens is 482 g/mol. The van der Waals surface area contributed by atoms with Crippen LogP contribution in [0.1, 0.15) is 55.5 Å². The summed E-state index contributed by atoms with van der Waals surface area (Å²) < 4.78 is 13.1. The molecule has 0 amide bonds. The van der Waals surface area contributed by atoms with E-state index in [1.54, 1.807) is 18.2 Å². The van der Waals surface area contributed by atoms with Crippen molar-refractivity contribution in [2.45, 2.75) is 44.9 Å². The summed E-state index contributed by atoms with van der Waals surface area (Å²) in [6.45, 7) is 6.72. The molecule has 0 radical (unpaired) electrons. The molecule has 2 aromatic carbocycles. The topological polar surface area (TPSA) is 44.1 Å². The van der Waals surface area contributed by atoms with Gasteiger partial charge < -0.3 is 4.90 Å². The lowest BCUT2D eigenvalue weighted by molar-refractivity contribution is 0.0837. The van der Waals surface area contributed by atoms with Crippen molar-refractivity contribution in [3.05, 3.63) is 69.5 Å². The fourth-order valence-electron chi connectivity index (χ4n) is 4.64. The Bertz CT molecular complexity index is 982. The Morgan fingerprint density at radius 1 is 1.15 bits per heavy atom. The van der Waals surface area contributed by atoms with Crippen molar-refractivity contribution in [2.75, 3.05) is 19.6 Å². The highest BCUT2D eigenvalue weighted by Gasteiger charge is 2.36. The van der Waals surface area contributed by atoms with Gasteiger partial charge in [0.2, 0.25) is 0 Å². The summed E-state index contributed by atoms with van der Waals surface area (Å²) in [7, 11) is 0. The minimum absolute atomic E-state index is 0. The van der Waals surface area contributed by atoms with Crippen LogP contribution in [0.3, 0.4) is 0 Å². The molecule has 3 nitrogen and oxygen atoms in total. The van der Waals surface area contributed by atoms with Crippen molar-refractivity contribution in [1.29, 1.82) is 5.26 Å². The predicted octanol–water partition coefficient (Wildman–Crippen LogP) is 7.35. The number of hydrogen-bond donors (Lipinski definition) is 0. The lowest BCUT2D eigenvalue weighted by Crippen LogP contribution is -2.38. The van der Waals surface area contributed by atoms with Gasteiger partial charge in [-0.2, -0.15) is 5.26 Å². The van der Waals surface area contributed by atoms with E-state index in [0.717, 1.165) is 50.9 Å². The summed E-state index contributed by atoms with van der Waals surface area (Å²) in [6, 6.07) is 13.9. The van der Waals surface area contributed by atoms with Crippen molar-refractivity contribution in [2.24, 2.45) is 11.8 Å². The van der Waals surface area contributed by atoms with Gasteiger partial charge in [0.25, 0.3) is 0 Å². The third-order valence-electron chi connectivity index (χ3n) is 6.75. The van der Waals surface area contributed by atoms with Gasteiger partial charge in [-0.3, -0.25) is 4.79 Å². The van der Waals surface area contributed by atoms with E-state index < -0.39 is 5.41 Å². The molecule has 33 heavy (non-hydrogen) atoms. The maximum Gasteiger partial charge on any atom is 0.166 e. The molecule has 1 atom stereocenters. The van der Waals surface area contributed by atoms with Crippen LogP contribution in [0.15, 0.2) is 42.5 Å². The zero-order valence-electron chi connectivity index (χ0n) is 19.0. The van der Waals surface area contributed by atoms with E-state index in [2.05, 4.69) is 24.8 Å². The number of carbonyl (C=O) groups excluding carboxylic acids is 1. The molecule has 0 N–H and O–H groups in total. The average molecular weight is 512 g/mol. The summed E-state index contributed by atoms with van der Waals surface area (Å²) in [5.74, 6) is -0.106. The van der Waals surface area contributed by atoms with E-state index in [9.17, 15) is 14.4 Å². The first-order chi connectivity index (χ1) is 15.3. The third-order valence-corrected chi connectivity index (χ3v) is 7.49. The van der Waals surface area contributed by atoms with Crippen LogP contribution in [-0.4, -0.2) is 30.3 Å². The van der Waals surface area contributed by atoms with Gasteiger partial charge >= 0.3 is 0 Å². The smallest absolute Gasteiger partial charge is 0.166 e. The molecule has 178 valence electrons. The van der Waals surface area contributed by atoms with E-state index in [4.69, 9.17) is 23.2 Å². The molecule has 1 unspecified atom stereocenters. The number of hydrogen-bond acceptors (Lipinski definition) is 3. The number of nitrogens with zero attached hydrogens (tertiary/aromatic N) is 2. The van der Waals surface area contributed by atoms with Gasteiger partial charge in [-0.1, -0.05) is 43.1 Å². The van der Waals surface area contributed by atoms with E-state index in [-0.39, 0.29) is 35.8 Å². The Hall–Kier alpha value is -1.64. The van der Waals surface area contributed by atoms with Gasteiger partial charge in [-0.05, 0) is 93.2 Å². The number of halogens is 4. The molecule has 1 aliphatic heterocycles. The quantitative estimate of drug-likeness (QED) is 0.348. The van der Waals surface area contributed by atoms with Gasteiger partial charge in [0.15, 0.2) is 5.78 Å². The largest absolute Gasteiger partial charge is 0.303 e. The number of nitriles is 1. The maximum absolute atomic E-state index is 13.1. The molecule has 0 aromatic heterocycles. The van der Waals surface area contributed by atoms with Gasteiger partial charge in [0.05, 0.1) is 21.5 Å². The van der Waals surface area contributed by atoms with Crippen LogP contribution in [0.4, 0.5) is 4.39 Å². The molecule has 1 fully saturated rings. The average Bonchev–Trinajstić information content (AvgIpc) is 2.79. The number of benzene rings is 2. The number of likely N-dealkylation sites (tertiary alicyclic amines) is 1. The van der Waals surface area contributed by atoms with Crippen LogP contribution < -0.4 is 0 Å². The molecule has 3 rings (SSSR count). The molecule has 0 saturated carbocycles. The molecule has 1 saturated heterocycles. The lowest BCUT2D eigenvalue weighted by Gasteiger charge is -2.34. The van der Waals surface area contributed by atoms with Gasteiger partial charge in [-0.15, -0.1) is 12.4 Å². The molecule has 0 aliphatic carbocycles. The lowest BCUT2D eigenvalue weighted by atomic mass is 9.70. The van der Waals surface area contributed by atoms with Crippen LogP contribution >= 0.6 is 35.6 Å². The molecular formula is C26H30Cl3FN2O. The molecule has 0 bridgehead atoms. The first-order valence-electron chi connectivity index (χ1n) is 11.2. The highest BCUT2D eigenvalue weighted by molar-refractivity contribution is 6.42. The minimum atomic E-state index is -0.620. The molecule has 0 spiro atoms. The summed E-state index contributed by atoms with van der Waals surface area (Å²) in [6.07, 6.45) is 3.21. The SMILES string of the molecule is CC(C)C(C#N)(CCCN1CCC(C(=O)c2ccc(F)cc2)CC1)c1ccc(Cl)c(Cl)c1.Cl. The number of carbonyl (C=O) groups is 1. The third kappa shape index (κ3) is 6.49. The van der Waals surface area contributed by atoms with Crippen molar-refractivity contribution in [3.8, 4) is 6.07 Å². The second-order valence-corrected chi connectivity index (χ2v) is 9.77. The number of piperidine rings is 1. The Morgan fingerprint density at radius 3 is 2.33 bits per heavy atom. The van der Waals surface area contributed by atoms with Crippen molar-refractivity contribution in [1.82, 2.24) is 4.90 Å². The van der Waals surface area contributed by atoms with Crippen molar-refractivity contribution >= 4 is 41.4 Å². The van der Waals surface area contributed by atoms with Crippen molar-refractivity contribution in [3.63, 3.8) is 0 Å². The summed E-state index contributed by atoms with van der Waals surface area (Å²) in [4.78, 5) is 15.1. The first-order valence-corrected chi connectivity index (χ1v) is 11.9. The summed E-state index contributed by atoms with van der Waals surface area (Å²) in [5, 5.41) is 11.1. The maximum atomic E-state index is 13.1. The molecule has 7 heteroatoms. The summed E-state index contributed by atoms with van der Waals surface area (Å²) >= 11 is 12.3. The Balaban J connectivity index is 0.00000385.